The number of aryl methyl sites for hydroxylation is 2. The molecule has 0 aliphatic rings. The van der Waals surface area contributed by atoms with Crippen LogP contribution in [0.4, 0.5) is 0 Å². The van der Waals surface area contributed by atoms with Crippen molar-refractivity contribution in [3.63, 3.8) is 0 Å². The second-order valence-corrected chi connectivity index (χ2v) is 7.96. The summed E-state index contributed by atoms with van der Waals surface area (Å²) in [4.78, 5) is 1.85. The highest BCUT2D eigenvalue weighted by atomic mass is 32.2. The molecule has 24 heavy (non-hydrogen) atoms. The van der Waals surface area contributed by atoms with E-state index in [4.69, 9.17) is 0 Å². The van der Waals surface area contributed by atoms with E-state index in [-0.39, 0.29) is 0 Å². The monoisotopic (exact) mass is 342 g/mol. The Kier molecular flexibility index (Phi) is 8.24. The lowest BCUT2D eigenvalue weighted by Crippen LogP contribution is -1.96. The minimum absolute atomic E-state index is 0.926. The fourth-order valence-corrected chi connectivity index (χ4v) is 4.12. The molecule has 1 nitrogen and oxygen atoms in total. The SMILES string of the molecule is CCCCCc1cccc(S(=O)c2cccc(CCCCC)c2)c1. The fraction of sp³-hybridized carbons (Fsp3) is 0.455. The molecule has 0 aromatic heterocycles. The molecule has 2 aromatic rings. The van der Waals surface area contributed by atoms with E-state index >= 15 is 0 Å². The van der Waals surface area contributed by atoms with Crippen LogP contribution in [0, 0.1) is 0 Å². The summed E-state index contributed by atoms with van der Waals surface area (Å²) in [6.45, 7) is 4.44. The second kappa shape index (κ2) is 10.5. The molecule has 0 amide bonds. The summed E-state index contributed by atoms with van der Waals surface area (Å²) in [7, 11) is -1.08. The molecule has 0 unspecified atom stereocenters. The molecule has 0 atom stereocenters. The minimum Gasteiger partial charge on any atom is -0.249 e. The summed E-state index contributed by atoms with van der Waals surface area (Å²) in [5.41, 5.74) is 2.60. The summed E-state index contributed by atoms with van der Waals surface area (Å²) in [5.74, 6) is 0. The van der Waals surface area contributed by atoms with Crippen molar-refractivity contribution in [3.8, 4) is 0 Å². The van der Waals surface area contributed by atoms with E-state index in [9.17, 15) is 4.21 Å². The van der Waals surface area contributed by atoms with Crippen LogP contribution in [0.5, 0.6) is 0 Å². The van der Waals surface area contributed by atoms with Gasteiger partial charge in [0.15, 0.2) is 0 Å². The number of rotatable bonds is 10. The number of benzene rings is 2. The third-order valence-electron chi connectivity index (χ3n) is 4.36. The van der Waals surface area contributed by atoms with Gasteiger partial charge in [0, 0.05) is 9.79 Å². The van der Waals surface area contributed by atoms with Gasteiger partial charge < -0.3 is 0 Å². The summed E-state index contributed by atoms with van der Waals surface area (Å²) in [5, 5.41) is 0. The molecule has 0 saturated heterocycles. The van der Waals surface area contributed by atoms with Crippen molar-refractivity contribution in [2.24, 2.45) is 0 Å². The molecule has 0 saturated carbocycles. The first-order valence-electron chi connectivity index (χ1n) is 9.34. The molecule has 2 rings (SSSR count). The normalized spacial score (nSPS) is 11.1. The van der Waals surface area contributed by atoms with E-state index in [0.717, 1.165) is 22.6 Å². The number of hydrogen-bond acceptors (Lipinski definition) is 1. The van der Waals surface area contributed by atoms with Crippen LogP contribution in [0.1, 0.15) is 63.5 Å². The quantitative estimate of drug-likeness (QED) is 0.462. The lowest BCUT2D eigenvalue weighted by molar-refractivity contribution is 0.682. The van der Waals surface area contributed by atoms with E-state index in [2.05, 4.69) is 38.1 Å². The van der Waals surface area contributed by atoms with Gasteiger partial charge in [-0.1, -0.05) is 63.8 Å². The third-order valence-corrected chi connectivity index (χ3v) is 5.73. The van der Waals surface area contributed by atoms with Gasteiger partial charge in [-0.3, -0.25) is 0 Å². The van der Waals surface area contributed by atoms with Gasteiger partial charge in [-0.2, -0.15) is 0 Å². The van der Waals surface area contributed by atoms with Crippen molar-refractivity contribution in [2.45, 2.75) is 75.0 Å². The first-order chi connectivity index (χ1) is 11.7. The van der Waals surface area contributed by atoms with Crippen molar-refractivity contribution in [1.29, 1.82) is 0 Å². The Balaban J connectivity index is 2.07. The molecule has 0 bridgehead atoms. The van der Waals surface area contributed by atoms with E-state index in [1.807, 2.05) is 24.3 Å². The van der Waals surface area contributed by atoms with Crippen LogP contribution in [0.25, 0.3) is 0 Å². The maximum absolute atomic E-state index is 12.9. The molecule has 2 aromatic carbocycles. The zero-order chi connectivity index (χ0) is 17.2. The highest BCUT2D eigenvalue weighted by Gasteiger charge is 2.08. The highest BCUT2D eigenvalue weighted by molar-refractivity contribution is 7.85. The highest BCUT2D eigenvalue weighted by Crippen LogP contribution is 2.20. The Morgan fingerprint density at radius 1 is 0.708 bits per heavy atom. The Bertz CT molecular complexity index is 592. The van der Waals surface area contributed by atoms with Crippen molar-refractivity contribution in [2.75, 3.05) is 0 Å². The van der Waals surface area contributed by atoms with E-state index in [1.165, 1.54) is 49.7 Å². The fourth-order valence-electron chi connectivity index (χ4n) is 2.93. The Labute approximate surface area is 150 Å². The first kappa shape index (κ1) is 18.9. The van der Waals surface area contributed by atoms with Crippen LogP contribution in [0.15, 0.2) is 58.3 Å². The van der Waals surface area contributed by atoms with Crippen LogP contribution >= 0.6 is 0 Å². The molecule has 0 N–H and O–H groups in total. The lowest BCUT2D eigenvalue weighted by Gasteiger charge is -2.08. The van der Waals surface area contributed by atoms with E-state index in [0.29, 0.717) is 0 Å². The maximum atomic E-state index is 12.9. The number of unbranched alkanes of at least 4 members (excludes halogenated alkanes) is 4. The number of hydrogen-bond donors (Lipinski definition) is 0. The van der Waals surface area contributed by atoms with Gasteiger partial charge in [-0.25, -0.2) is 4.21 Å². The zero-order valence-electron chi connectivity index (χ0n) is 15.1. The van der Waals surface area contributed by atoms with Gasteiger partial charge in [-0.15, -0.1) is 0 Å². The zero-order valence-corrected chi connectivity index (χ0v) is 15.9. The smallest absolute Gasteiger partial charge is 0.0849 e. The second-order valence-electron chi connectivity index (χ2n) is 6.48. The van der Waals surface area contributed by atoms with Gasteiger partial charge in [0.05, 0.1) is 10.8 Å². The molecular weight excluding hydrogens is 312 g/mol. The summed E-state index contributed by atoms with van der Waals surface area (Å²) in [6.07, 6.45) is 9.55. The van der Waals surface area contributed by atoms with Crippen LogP contribution in [-0.4, -0.2) is 4.21 Å². The Morgan fingerprint density at radius 3 is 1.58 bits per heavy atom. The minimum atomic E-state index is -1.08. The van der Waals surface area contributed by atoms with Gasteiger partial charge in [0.2, 0.25) is 0 Å². The van der Waals surface area contributed by atoms with Crippen LogP contribution in [0.3, 0.4) is 0 Å². The van der Waals surface area contributed by atoms with Crippen LogP contribution < -0.4 is 0 Å². The molecule has 0 spiro atoms. The van der Waals surface area contributed by atoms with Gasteiger partial charge in [-0.05, 0) is 61.1 Å². The van der Waals surface area contributed by atoms with E-state index in [1.54, 1.807) is 0 Å². The van der Waals surface area contributed by atoms with Crippen LogP contribution in [-0.2, 0) is 23.6 Å². The lowest BCUT2D eigenvalue weighted by atomic mass is 10.1. The average molecular weight is 343 g/mol. The molecule has 0 heterocycles. The van der Waals surface area contributed by atoms with Crippen molar-refractivity contribution in [1.82, 2.24) is 0 Å². The molecule has 2 heteroatoms. The van der Waals surface area contributed by atoms with Crippen molar-refractivity contribution in [3.05, 3.63) is 59.7 Å². The molecule has 0 aliphatic heterocycles. The van der Waals surface area contributed by atoms with E-state index < -0.39 is 10.8 Å². The summed E-state index contributed by atoms with van der Waals surface area (Å²) >= 11 is 0. The van der Waals surface area contributed by atoms with Gasteiger partial charge in [0.1, 0.15) is 0 Å². The Morgan fingerprint density at radius 2 is 1.17 bits per heavy atom. The van der Waals surface area contributed by atoms with Gasteiger partial charge in [0.25, 0.3) is 0 Å². The third kappa shape index (κ3) is 5.90. The standard InChI is InChI=1S/C22H30OS/c1-3-5-7-11-19-13-9-15-21(17-19)24(23)22-16-10-14-20(18-22)12-8-6-4-2/h9-10,13-18H,3-8,11-12H2,1-2H3. The molecule has 0 aliphatic carbocycles. The van der Waals surface area contributed by atoms with Crippen molar-refractivity contribution >= 4 is 10.8 Å². The van der Waals surface area contributed by atoms with Gasteiger partial charge >= 0.3 is 0 Å². The van der Waals surface area contributed by atoms with Crippen molar-refractivity contribution < 1.29 is 4.21 Å². The molecule has 0 radical (unpaired) electrons. The maximum Gasteiger partial charge on any atom is 0.0849 e. The summed E-state index contributed by atoms with van der Waals surface area (Å²) in [6, 6.07) is 16.6. The predicted octanol–water partition coefficient (Wildman–Crippen LogP) is 6.32. The largest absolute Gasteiger partial charge is 0.249 e. The predicted molar refractivity (Wildman–Crippen MR) is 104 cm³/mol. The first-order valence-corrected chi connectivity index (χ1v) is 10.5. The summed E-state index contributed by atoms with van der Waals surface area (Å²) < 4.78 is 12.9. The average Bonchev–Trinajstić information content (AvgIpc) is 2.62. The molecule has 0 fully saturated rings. The molecule has 130 valence electrons. The Hall–Kier alpha value is -1.41. The topological polar surface area (TPSA) is 17.1 Å². The van der Waals surface area contributed by atoms with Crippen LogP contribution in [0.2, 0.25) is 0 Å². The molecular formula is C22H30OS.